The molecule has 0 fully saturated rings. The number of aromatic nitrogens is 4. The van der Waals surface area contributed by atoms with Crippen molar-refractivity contribution in [2.24, 2.45) is 0 Å². The SMILES string of the molecule is Cc1ccc2cccc(S(=O)(=O)Nc3ccc(-n4ccnc4C)nc3)c2n1. The van der Waals surface area contributed by atoms with E-state index in [1.54, 1.807) is 36.7 Å². The molecule has 136 valence electrons. The fourth-order valence-corrected chi connectivity index (χ4v) is 4.07. The monoisotopic (exact) mass is 379 g/mol. The normalized spacial score (nSPS) is 11.6. The van der Waals surface area contributed by atoms with E-state index in [0.29, 0.717) is 17.0 Å². The number of aryl methyl sites for hydroxylation is 2. The van der Waals surface area contributed by atoms with Crippen LogP contribution in [-0.2, 0) is 10.0 Å². The van der Waals surface area contributed by atoms with E-state index < -0.39 is 10.0 Å². The van der Waals surface area contributed by atoms with Crippen molar-refractivity contribution in [1.82, 2.24) is 19.5 Å². The lowest BCUT2D eigenvalue weighted by atomic mass is 10.2. The molecule has 4 aromatic rings. The van der Waals surface area contributed by atoms with Crippen molar-refractivity contribution >= 4 is 26.6 Å². The van der Waals surface area contributed by atoms with Gasteiger partial charge in [-0.2, -0.15) is 0 Å². The number of fused-ring (bicyclic) bond motifs is 1. The first-order valence-corrected chi connectivity index (χ1v) is 9.78. The molecule has 0 unspecified atom stereocenters. The number of rotatable bonds is 4. The molecule has 4 rings (SSSR count). The Morgan fingerprint density at radius 1 is 1.00 bits per heavy atom. The highest BCUT2D eigenvalue weighted by atomic mass is 32.2. The molecule has 8 heteroatoms. The Balaban J connectivity index is 1.68. The maximum absolute atomic E-state index is 12.9. The average molecular weight is 379 g/mol. The number of nitrogens with zero attached hydrogens (tertiary/aromatic N) is 4. The molecule has 0 aliphatic heterocycles. The molecule has 3 heterocycles. The van der Waals surface area contributed by atoms with E-state index in [1.165, 1.54) is 6.20 Å². The minimum absolute atomic E-state index is 0.137. The minimum atomic E-state index is -3.80. The molecule has 0 spiro atoms. The third-order valence-corrected chi connectivity index (χ3v) is 5.60. The van der Waals surface area contributed by atoms with Gasteiger partial charge in [-0.3, -0.25) is 14.3 Å². The highest BCUT2D eigenvalue weighted by Gasteiger charge is 2.19. The number of para-hydroxylation sites is 1. The van der Waals surface area contributed by atoms with Crippen LogP contribution in [0.5, 0.6) is 0 Å². The molecule has 1 aromatic carbocycles. The highest BCUT2D eigenvalue weighted by Crippen LogP contribution is 2.24. The second kappa shape index (κ2) is 6.48. The van der Waals surface area contributed by atoms with E-state index in [4.69, 9.17) is 0 Å². The molecule has 0 amide bonds. The van der Waals surface area contributed by atoms with Gasteiger partial charge in [0.2, 0.25) is 0 Å². The first-order valence-electron chi connectivity index (χ1n) is 8.30. The third-order valence-electron chi connectivity index (χ3n) is 4.18. The topological polar surface area (TPSA) is 89.8 Å². The maximum Gasteiger partial charge on any atom is 0.264 e. The molecule has 0 saturated heterocycles. The summed E-state index contributed by atoms with van der Waals surface area (Å²) in [5.41, 5.74) is 1.58. The van der Waals surface area contributed by atoms with Gasteiger partial charge in [0.15, 0.2) is 0 Å². The standard InChI is InChI=1S/C19H17N5O2S/c1-13-6-7-15-4-3-5-17(19(15)22-13)27(25,26)23-16-8-9-18(21-12-16)24-11-10-20-14(24)2/h3-12,23H,1-2H3. The number of sulfonamides is 1. The van der Waals surface area contributed by atoms with Crippen LogP contribution in [0.4, 0.5) is 5.69 Å². The van der Waals surface area contributed by atoms with Crippen molar-refractivity contribution in [3.8, 4) is 5.82 Å². The van der Waals surface area contributed by atoms with Gasteiger partial charge in [0.25, 0.3) is 10.0 Å². The van der Waals surface area contributed by atoms with Crippen LogP contribution in [-0.4, -0.2) is 27.9 Å². The smallest absolute Gasteiger partial charge is 0.264 e. The Labute approximate surface area is 156 Å². The molecule has 0 aliphatic rings. The molecule has 0 saturated carbocycles. The number of hydrogen-bond acceptors (Lipinski definition) is 5. The van der Waals surface area contributed by atoms with Crippen molar-refractivity contribution in [2.75, 3.05) is 4.72 Å². The zero-order chi connectivity index (χ0) is 19.0. The number of anilines is 1. The van der Waals surface area contributed by atoms with Gasteiger partial charge in [-0.05, 0) is 38.1 Å². The largest absolute Gasteiger partial charge is 0.288 e. The van der Waals surface area contributed by atoms with Crippen molar-refractivity contribution < 1.29 is 8.42 Å². The van der Waals surface area contributed by atoms with Crippen LogP contribution in [0.1, 0.15) is 11.5 Å². The van der Waals surface area contributed by atoms with E-state index in [0.717, 1.165) is 16.9 Å². The molecular formula is C19H17N5O2S. The fraction of sp³-hybridized carbons (Fsp3) is 0.105. The number of imidazole rings is 1. The molecule has 0 bridgehead atoms. The Morgan fingerprint density at radius 2 is 1.85 bits per heavy atom. The zero-order valence-corrected chi connectivity index (χ0v) is 15.6. The zero-order valence-electron chi connectivity index (χ0n) is 14.8. The molecule has 0 radical (unpaired) electrons. The van der Waals surface area contributed by atoms with Crippen molar-refractivity contribution in [1.29, 1.82) is 0 Å². The van der Waals surface area contributed by atoms with Gasteiger partial charge in [0, 0.05) is 23.5 Å². The summed E-state index contributed by atoms with van der Waals surface area (Å²) in [7, 11) is -3.80. The second-order valence-corrected chi connectivity index (χ2v) is 7.79. The second-order valence-electron chi connectivity index (χ2n) is 6.14. The summed E-state index contributed by atoms with van der Waals surface area (Å²) < 4.78 is 30.2. The molecule has 3 aromatic heterocycles. The van der Waals surface area contributed by atoms with Crippen LogP contribution in [0, 0.1) is 13.8 Å². The highest BCUT2D eigenvalue weighted by molar-refractivity contribution is 7.93. The predicted octanol–water partition coefficient (Wildman–Crippen LogP) is 3.23. The van der Waals surface area contributed by atoms with Gasteiger partial charge < -0.3 is 0 Å². The summed E-state index contributed by atoms with van der Waals surface area (Å²) in [5, 5.41) is 0.771. The number of pyridine rings is 2. The lowest BCUT2D eigenvalue weighted by Gasteiger charge is -2.11. The minimum Gasteiger partial charge on any atom is -0.288 e. The predicted molar refractivity (Wildman–Crippen MR) is 103 cm³/mol. The molecule has 27 heavy (non-hydrogen) atoms. The van der Waals surface area contributed by atoms with Crippen molar-refractivity contribution in [3.05, 3.63) is 72.6 Å². The summed E-state index contributed by atoms with van der Waals surface area (Å²) >= 11 is 0. The van der Waals surface area contributed by atoms with Gasteiger partial charge in [-0.25, -0.2) is 18.4 Å². The van der Waals surface area contributed by atoms with Gasteiger partial charge in [0.1, 0.15) is 16.5 Å². The van der Waals surface area contributed by atoms with Gasteiger partial charge in [0.05, 0.1) is 17.4 Å². The lowest BCUT2D eigenvalue weighted by molar-refractivity contribution is 0.602. The Kier molecular flexibility index (Phi) is 4.12. The van der Waals surface area contributed by atoms with Crippen LogP contribution in [0.2, 0.25) is 0 Å². The maximum atomic E-state index is 12.9. The van der Waals surface area contributed by atoms with Gasteiger partial charge in [-0.1, -0.05) is 18.2 Å². The molecule has 7 nitrogen and oxygen atoms in total. The Morgan fingerprint density at radius 3 is 2.56 bits per heavy atom. The number of nitrogens with one attached hydrogen (secondary N) is 1. The fourth-order valence-electron chi connectivity index (χ4n) is 2.85. The van der Waals surface area contributed by atoms with Crippen molar-refractivity contribution in [2.45, 2.75) is 18.7 Å². The van der Waals surface area contributed by atoms with Crippen molar-refractivity contribution in [3.63, 3.8) is 0 Å². The number of hydrogen-bond donors (Lipinski definition) is 1. The van der Waals surface area contributed by atoms with Crippen LogP contribution in [0.15, 0.2) is 66.0 Å². The Hall–Kier alpha value is -3.26. The van der Waals surface area contributed by atoms with Gasteiger partial charge >= 0.3 is 0 Å². The summed E-state index contributed by atoms with van der Waals surface area (Å²) in [6.45, 7) is 3.70. The Bertz CT molecular complexity index is 1230. The summed E-state index contributed by atoms with van der Waals surface area (Å²) in [5.74, 6) is 1.46. The average Bonchev–Trinajstić information content (AvgIpc) is 3.07. The first kappa shape index (κ1) is 17.2. The molecular weight excluding hydrogens is 362 g/mol. The molecule has 1 N–H and O–H groups in total. The third kappa shape index (κ3) is 3.26. The summed E-state index contributed by atoms with van der Waals surface area (Å²) in [4.78, 5) is 13.0. The summed E-state index contributed by atoms with van der Waals surface area (Å²) in [6, 6.07) is 12.2. The molecule has 0 atom stereocenters. The van der Waals surface area contributed by atoms with E-state index in [2.05, 4.69) is 19.7 Å². The van der Waals surface area contributed by atoms with E-state index in [1.807, 2.05) is 36.6 Å². The van der Waals surface area contributed by atoms with Crippen LogP contribution in [0.3, 0.4) is 0 Å². The quantitative estimate of drug-likeness (QED) is 0.588. The van der Waals surface area contributed by atoms with E-state index in [9.17, 15) is 8.42 Å². The molecule has 0 aliphatic carbocycles. The summed E-state index contributed by atoms with van der Waals surface area (Å²) in [6.07, 6.45) is 4.96. The number of benzene rings is 1. The first-order chi connectivity index (χ1) is 12.9. The van der Waals surface area contributed by atoms with E-state index >= 15 is 0 Å². The van der Waals surface area contributed by atoms with Crippen LogP contribution < -0.4 is 4.72 Å². The van der Waals surface area contributed by atoms with Gasteiger partial charge in [-0.15, -0.1) is 0 Å². The van der Waals surface area contributed by atoms with E-state index in [-0.39, 0.29) is 4.90 Å². The van der Waals surface area contributed by atoms with Crippen LogP contribution >= 0.6 is 0 Å². The lowest BCUT2D eigenvalue weighted by Crippen LogP contribution is -2.14. The van der Waals surface area contributed by atoms with Crippen LogP contribution in [0.25, 0.3) is 16.7 Å².